The summed E-state index contributed by atoms with van der Waals surface area (Å²) in [4.78, 5) is 4.44. The lowest BCUT2D eigenvalue weighted by Crippen LogP contribution is -2.43. The Bertz CT molecular complexity index is 1040. The molecule has 0 bridgehead atoms. The van der Waals surface area contributed by atoms with Gasteiger partial charge in [0.25, 0.3) is 0 Å². The van der Waals surface area contributed by atoms with Gasteiger partial charge in [-0.3, -0.25) is 4.68 Å². The maximum absolute atomic E-state index is 13.3. The highest BCUT2D eigenvalue weighted by Crippen LogP contribution is 2.31. The van der Waals surface area contributed by atoms with Crippen molar-refractivity contribution < 1.29 is 8.42 Å². The second-order valence-corrected chi connectivity index (χ2v) is 9.55. The molecule has 3 heterocycles. The van der Waals surface area contributed by atoms with E-state index in [1.165, 1.54) is 0 Å². The molecule has 2 unspecified atom stereocenters. The molecular weight excluding hydrogens is 362 g/mol. The van der Waals surface area contributed by atoms with Gasteiger partial charge in [-0.2, -0.15) is 9.40 Å². The first-order valence-electron chi connectivity index (χ1n) is 9.33. The summed E-state index contributed by atoms with van der Waals surface area (Å²) in [5.74, 6) is 0.400. The summed E-state index contributed by atoms with van der Waals surface area (Å²) >= 11 is 0. The first kappa shape index (κ1) is 18.2. The van der Waals surface area contributed by atoms with Crippen molar-refractivity contribution in [1.82, 2.24) is 23.6 Å². The molecule has 144 valence electrons. The Kier molecular flexibility index (Phi) is 4.55. The highest BCUT2D eigenvalue weighted by Gasteiger charge is 2.34. The molecule has 1 fully saturated rings. The molecule has 3 aromatic rings. The molecule has 1 saturated heterocycles. The lowest BCUT2D eigenvalue weighted by Gasteiger charge is -2.36. The molecule has 1 aliphatic rings. The quantitative estimate of drug-likeness (QED) is 0.690. The van der Waals surface area contributed by atoms with Crippen molar-refractivity contribution in [2.45, 2.75) is 44.2 Å². The molecule has 2 aromatic heterocycles. The summed E-state index contributed by atoms with van der Waals surface area (Å²) in [6.07, 6.45) is 7.98. The van der Waals surface area contributed by atoms with Gasteiger partial charge in [0.05, 0.1) is 29.0 Å². The predicted molar refractivity (Wildman–Crippen MR) is 104 cm³/mol. The third kappa shape index (κ3) is 3.17. The van der Waals surface area contributed by atoms with E-state index in [2.05, 4.69) is 30.9 Å². The molecule has 0 spiro atoms. The number of aromatic nitrogens is 4. The van der Waals surface area contributed by atoms with Gasteiger partial charge in [-0.05, 0) is 44.4 Å². The maximum atomic E-state index is 13.3. The van der Waals surface area contributed by atoms with Crippen molar-refractivity contribution in [3.63, 3.8) is 0 Å². The summed E-state index contributed by atoms with van der Waals surface area (Å²) in [7, 11) is -3.55. The number of rotatable bonds is 4. The Balaban J connectivity index is 1.65. The molecule has 27 heavy (non-hydrogen) atoms. The minimum atomic E-state index is -3.55. The fourth-order valence-corrected chi connectivity index (χ4v) is 5.35. The topological polar surface area (TPSA) is 73.0 Å². The monoisotopic (exact) mass is 387 g/mol. The Morgan fingerprint density at radius 1 is 1.26 bits per heavy atom. The van der Waals surface area contributed by atoms with E-state index >= 15 is 0 Å². The lowest BCUT2D eigenvalue weighted by molar-refractivity contribution is 0.200. The third-order valence-electron chi connectivity index (χ3n) is 5.48. The average Bonchev–Trinajstić information content (AvgIpc) is 3.31. The number of sulfonamides is 1. The minimum Gasteiger partial charge on any atom is -0.333 e. The highest BCUT2D eigenvalue weighted by molar-refractivity contribution is 7.89. The largest absolute Gasteiger partial charge is 0.333 e. The normalized spacial score (nSPS) is 21.9. The SMILES string of the molecule is CC1CCN(S(=O)(=O)c2ccc3c(cnn3C(C)C)c2)CC1n1ccnc1. The van der Waals surface area contributed by atoms with Crippen molar-refractivity contribution in [3.8, 4) is 0 Å². The van der Waals surface area contributed by atoms with E-state index in [4.69, 9.17) is 0 Å². The number of hydrogen-bond acceptors (Lipinski definition) is 4. The van der Waals surface area contributed by atoms with Crippen LogP contribution in [0, 0.1) is 5.92 Å². The second kappa shape index (κ2) is 6.76. The Morgan fingerprint density at radius 2 is 2.07 bits per heavy atom. The smallest absolute Gasteiger partial charge is 0.243 e. The Morgan fingerprint density at radius 3 is 2.78 bits per heavy atom. The molecule has 0 N–H and O–H groups in total. The van der Waals surface area contributed by atoms with Gasteiger partial charge in [-0.1, -0.05) is 6.92 Å². The van der Waals surface area contributed by atoms with Crippen LogP contribution in [0.5, 0.6) is 0 Å². The van der Waals surface area contributed by atoms with Crippen LogP contribution in [0.15, 0.2) is 48.0 Å². The number of imidazole rings is 1. The van der Waals surface area contributed by atoms with Crippen LogP contribution in [0.3, 0.4) is 0 Å². The van der Waals surface area contributed by atoms with E-state index in [0.29, 0.717) is 23.9 Å². The van der Waals surface area contributed by atoms with Crippen molar-refractivity contribution in [2.75, 3.05) is 13.1 Å². The van der Waals surface area contributed by atoms with Gasteiger partial charge in [0.2, 0.25) is 10.0 Å². The van der Waals surface area contributed by atoms with Gasteiger partial charge in [-0.15, -0.1) is 0 Å². The second-order valence-electron chi connectivity index (χ2n) is 7.61. The Labute approximate surface area is 159 Å². The molecule has 4 rings (SSSR count). The van der Waals surface area contributed by atoms with E-state index in [9.17, 15) is 8.42 Å². The molecule has 0 amide bonds. The van der Waals surface area contributed by atoms with Crippen molar-refractivity contribution in [2.24, 2.45) is 5.92 Å². The molecule has 0 aliphatic carbocycles. The zero-order valence-electron chi connectivity index (χ0n) is 15.9. The van der Waals surface area contributed by atoms with Crippen molar-refractivity contribution >= 4 is 20.9 Å². The van der Waals surface area contributed by atoms with Crippen molar-refractivity contribution in [3.05, 3.63) is 43.1 Å². The highest BCUT2D eigenvalue weighted by atomic mass is 32.2. The molecule has 2 atom stereocenters. The van der Waals surface area contributed by atoms with Crippen LogP contribution in [0.25, 0.3) is 10.9 Å². The summed E-state index contributed by atoms with van der Waals surface area (Å²) in [5, 5.41) is 5.23. The standard InChI is InChI=1S/C19H25N5O2S/c1-14(2)24-18-5-4-17(10-16(18)11-21-24)27(25,26)23-8-6-15(3)19(12-23)22-9-7-20-13-22/h4-5,7,9-11,13-15,19H,6,8,12H2,1-3H3. The van der Waals surface area contributed by atoms with E-state index in [-0.39, 0.29) is 12.1 Å². The number of fused-ring (bicyclic) bond motifs is 1. The average molecular weight is 388 g/mol. The van der Waals surface area contributed by atoms with Gasteiger partial charge in [0, 0.05) is 36.9 Å². The van der Waals surface area contributed by atoms with Crippen LogP contribution in [-0.4, -0.2) is 45.1 Å². The zero-order valence-corrected chi connectivity index (χ0v) is 16.7. The predicted octanol–water partition coefficient (Wildman–Crippen LogP) is 3.09. The maximum Gasteiger partial charge on any atom is 0.243 e. The summed E-state index contributed by atoms with van der Waals surface area (Å²) < 4.78 is 32.1. The van der Waals surface area contributed by atoms with Crippen LogP contribution in [0.2, 0.25) is 0 Å². The summed E-state index contributed by atoms with van der Waals surface area (Å²) in [6.45, 7) is 7.28. The number of benzene rings is 1. The van der Waals surface area contributed by atoms with Gasteiger partial charge >= 0.3 is 0 Å². The van der Waals surface area contributed by atoms with Crippen LogP contribution in [0.1, 0.15) is 39.3 Å². The molecule has 1 aliphatic heterocycles. The molecule has 1 aromatic carbocycles. The van der Waals surface area contributed by atoms with Gasteiger partial charge in [-0.25, -0.2) is 13.4 Å². The van der Waals surface area contributed by atoms with E-state index in [1.807, 2.05) is 21.5 Å². The van der Waals surface area contributed by atoms with E-state index < -0.39 is 10.0 Å². The van der Waals surface area contributed by atoms with Crippen LogP contribution < -0.4 is 0 Å². The Hall–Kier alpha value is -2.19. The van der Waals surface area contributed by atoms with Gasteiger partial charge in [0.15, 0.2) is 0 Å². The first-order chi connectivity index (χ1) is 12.9. The molecule has 0 saturated carbocycles. The van der Waals surface area contributed by atoms with E-state index in [0.717, 1.165) is 17.3 Å². The number of piperidine rings is 1. The van der Waals surface area contributed by atoms with Crippen LogP contribution >= 0.6 is 0 Å². The van der Waals surface area contributed by atoms with Gasteiger partial charge in [0.1, 0.15) is 0 Å². The molecular formula is C19H25N5O2S. The van der Waals surface area contributed by atoms with E-state index in [1.54, 1.807) is 35.2 Å². The first-order valence-corrected chi connectivity index (χ1v) is 10.8. The fourth-order valence-electron chi connectivity index (χ4n) is 3.84. The molecule has 7 nitrogen and oxygen atoms in total. The zero-order chi connectivity index (χ0) is 19.2. The number of hydrogen-bond donors (Lipinski definition) is 0. The summed E-state index contributed by atoms with van der Waals surface area (Å²) in [6, 6.07) is 5.62. The van der Waals surface area contributed by atoms with Crippen LogP contribution in [-0.2, 0) is 10.0 Å². The van der Waals surface area contributed by atoms with Crippen molar-refractivity contribution in [1.29, 1.82) is 0 Å². The lowest BCUT2D eigenvalue weighted by atomic mass is 9.95. The number of nitrogens with zero attached hydrogens (tertiary/aromatic N) is 5. The molecule has 0 radical (unpaired) electrons. The third-order valence-corrected chi connectivity index (χ3v) is 7.34. The van der Waals surface area contributed by atoms with Gasteiger partial charge < -0.3 is 4.57 Å². The molecule has 8 heteroatoms. The fraction of sp³-hybridized carbons (Fsp3) is 0.474. The van der Waals surface area contributed by atoms with Crippen LogP contribution in [0.4, 0.5) is 0 Å². The minimum absolute atomic E-state index is 0.100. The summed E-state index contributed by atoms with van der Waals surface area (Å²) in [5.41, 5.74) is 0.951.